The highest BCUT2D eigenvalue weighted by Gasteiger charge is 2.88. The van der Waals surface area contributed by atoms with Crippen LogP contribution in [0, 0.1) is 4.91 Å². The van der Waals surface area contributed by atoms with Gasteiger partial charge in [-0.2, -0.15) is 56.3 Å². The Bertz CT molecular complexity index is 1600. The van der Waals surface area contributed by atoms with Crippen molar-refractivity contribution in [1.29, 1.82) is 0 Å². The van der Waals surface area contributed by atoms with Crippen molar-refractivity contribution in [3.8, 4) is 5.75 Å². The number of sulfonamides is 2. The molecule has 0 heterocycles. The summed E-state index contributed by atoms with van der Waals surface area (Å²) in [5, 5.41) is -14.7. The Labute approximate surface area is 200 Å². The highest BCUT2D eigenvalue weighted by atomic mass is 32.3. The quantitative estimate of drug-likeness (QED) is 0.237. The van der Waals surface area contributed by atoms with E-state index in [-0.39, 0.29) is 5.39 Å². The molecular weight excluding hydrogens is 601 g/mol. The standard InChI is InChI=1S/C16H9F9NO8S3/c1-2-9-3-4-11-8-12(6-5-10(11)7-9)34-37(32,33)15(21,22)13(17,18)14(19,20)35(28,29)26(27)36(30,31)16(23,24)25/h2-8H,1H2/q+1. The summed E-state index contributed by atoms with van der Waals surface area (Å²) < 4.78 is 190. The zero-order chi connectivity index (χ0) is 29.0. The van der Waals surface area contributed by atoms with Gasteiger partial charge in [0.15, 0.2) is 0 Å². The lowest BCUT2D eigenvalue weighted by atomic mass is 10.1. The van der Waals surface area contributed by atoms with Gasteiger partial charge in [-0.1, -0.05) is 30.9 Å². The summed E-state index contributed by atoms with van der Waals surface area (Å²) in [6.45, 7) is 3.45. The minimum Gasteiger partial charge on any atom is -0.378 e. The summed E-state index contributed by atoms with van der Waals surface area (Å²) in [7, 11) is -23.6. The van der Waals surface area contributed by atoms with Crippen LogP contribution in [0.1, 0.15) is 5.56 Å². The molecule has 0 atom stereocenters. The lowest BCUT2D eigenvalue weighted by molar-refractivity contribution is -0.284. The smallest absolute Gasteiger partial charge is 0.378 e. The topological polar surface area (TPSA) is 132 Å². The lowest BCUT2D eigenvalue weighted by Gasteiger charge is -2.28. The van der Waals surface area contributed by atoms with Crippen molar-refractivity contribution < 1.29 is 72.5 Å². The predicted molar refractivity (Wildman–Crippen MR) is 106 cm³/mol. The summed E-state index contributed by atoms with van der Waals surface area (Å²) in [6.07, 6.45) is 1.37. The number of nitroso groups, excluding NO2 is 1. The predicted octanol–water partition coefficient (Wildman–Crippen LogP) is 3.97. The Hall–Kier alpha value is -2.94. The maximum atomic E-state index is 14.2. The Morgan fingerprint density at radius 1 is 0.730 bits per heavy atom. The largest absolute Gasteiger partial charge is 0.566 e. The zero-order valence-corrected chi connectivity index (χ0v) is 19.5. The van der Waals surface area contributed by atoms with E-state index in [0.29, 0.717) is 23.1 Å². The molecule has 0 aliphatic rings. The Kier molecular flexibility index (Phi) is 7.22. The molecule has 2 rings (SSSR count). The van der Waals surface area contributed by atoms with Gasteiger partial charge in [0.25, 0.3) is 3.57 Å². The molecule has 0 N–H and O–H groups in total. The van der Waals surface area contributed by atoms with Crippen LogP contribution >= 0.6 is 0 Å². The van der Waals surface area contributed by atoms with Gasteiger partial charge in [0.05, 0.1) is 4.91 Å². The second-order valence-electron chi connectivity index (χ2n) is 6.74. The van der Waals surface area contributed by atoms with Crippen LogP contribution in [0.25, 0.3) is 16.8 Å². The molecule has 0 fully saturated rings. The van der Waals surface area contributed by atoms with Crippen molar-refractivity contribution in [2.75, 3.05) is 0 Å². The molecule has 2 aromatic rings. The van der Waals surface area contributed by atoms with E-state index in [0.717, 1.165) is 6.07 Å². The molecule has 0 spiro atoms. The SMILES string of the molecule is C=Cc1ccc2cc(OS(=O)(=O)C(F)(F)C(F)(F)C(F)(F)S(=O)(=O)[N+](=O)S(=O)(=O)C(F)(F)F)ccc2c1. The molecule has 9 nitrogen and oxygen atoms in total. The van der Waals surface area contributed by atoms with Crippen LogP contribution in [0.3, 0.4) is 0 Å². The fraction of sp³-hybridized carbons (Fsp3) is 0.250. The molecule has 0 aliphatic heterocycles. The van der Waals surface area contributed by atoms with E-state index in [4.69, 9.17) is 0 Å². The summed E-state index contributed by atoms with van der Waals surface area (Å²) >= 11 is 0. The van der Waals surface area contributed by atoms with Gasteiger partial charge in [0.1, 0.15) is 5.75 Å². The number of benzene rings is 2. The van der Waals surface area contributed by atoms with E-state index in [1.54, 1.807) is 0 Å². The van der Waals surface area contributed by atoms with Gasteiger partial charge in [-0.15, -0.1) is 8.42 Å². The summed E-state index contributed by atoms with van der Waals surface area (Å²) in [5.41, 5.74) is -6.45. The van der Waals surface area contributed by atoms with Crippen molar-refractivity contribution >= 4 is 47.0 Å². The second kappa shape index (κ2) is 8.82. The van der Waals surface area contributed by atoms with Crippen molar-refractivity contribution in [2.24, 2.45) is 0 Å². The van der Waals surface area contributed by atoms with Gasteiger partial charge in [-0.05, 0) is 34.5 Å². The maximum Gasteiger partial charge on any atom is 0.566 e. The van der Waals surface area contributed by atoms with E-state index >= 15 is 0 Å². The molecule has 0 radical (unpaired) electrons. The number of hydrogen-bond acceptors (Lipinski definition) is 8. The first-order chi connectivity index (χ1) is 16.4. The second-order valence-corrected chi connectivity index (χ2v) is 12.1. The van der Waals surface area contributed by atoms with E-state index < -0.39 is 61.4 Å². The first kappa shape index (κ1) is 30.3. The number of hydrogen-bond donors (Lipinski definition) is 0. The van der Waals surface area contributed by atoms with Crippen LogP contribution in [0.15, 0.2) is 43.0 Å². The molecule has 2 aromatic carbocycles. The normalized spacial score (nSPS) is 14.4. The molecule has 37 heavy (non-hydrogen) atoms. The van der Waals surface area contributed by atoms with Gasteiger partial charge < -0.3 is 4.18 Å². The number of rotatable bonds is 9. The number of nitrogens with zero attached hydrogens (tertiary/aromatic N) is 1. The highest BCUT2D eigenvalue weighted by molar-refractivity contribution is 7.98. The summed E-state index contributed by atoms with van der Waals surface area (Å²) in [6, 6.07) is 6.27. The maximum absolute atomic E-state index is 14.2. The lowest BCUT2D eigenvalue weighted by Crippen LogP contribution is -2.63. The van der Waals surface area contributed by atoms with Gasteiger partial charge in [-0.3, -0.25) is 0 Å². The van der Waals surface area contributed by atoms with Crippen LogP contribution in [-0.4, -0.2) is 50.8 Å². The average molecular weight is 610 g/mol. The Morgan fingerprint density at radius 3 is 1.70 bits per heavy atom. The molecule has 0 aliphatic carbocycles. The third-order valence-electron chi connectivity index (χ3n) is 4.33. The summed E-state index contributed by atoms with van der Waals surface area (Å²) in [4.78, 5) is 11.0. The third kappa shape index (κ3) is 4.62. The van der Waals surface area contributed by atoms with Crippen LogP contribution in [0.2, 0.25) is 0 Å². The molecule has 0 amide bonds. The molecule has 206 valence electrons. The van der Waals surface area contributed by atoms with Crippen LogP contribution in [0.5, 0.6) is 5.75 Å². The van der Waals surface area contributed by atoms with Gasteiger partial charge in [-0.25, -0.2) is 0 Å². The van der Waals surface area contributed by atoms with Gasteiger partial charge in [0, 0.05) is 0 Å². The molecular formula is C16H9F9NO8S3+. The minimum atomic E-state index is -8.41. The van der Waals surface area contributed by atoms with E-state index in [2.05, 4.69) is 10.8 Å². The monoisotopic (exact) mass is 610 g/mol. The fourth-order valence-corrected chi connectivity index (χ4v) is 5.74. The molecule has 21 heteroatoms. The third-order valence-corrected chi connectivity index (χ3v) is 9.08. The van der Waals surface area contributed by atoms with Gasteiger partial charge in [0.2, 0.25) is 0 Å². The first-order valence-corrected chi connectivity index (χ1v) is 12.9. The van der Waals surface area contributed by atoms with E-state index in [1.807, 2.05) is 0 Å². The zero-order valence-electron chi connectivity index (χ0n) is 17.1. The van der Waals surface area contributed by atoms with Gasteiger partial charge >= 0.3 is 52.1 Å². The Balaban J connectivity index is 2.56. The highest BCUT2D eigenvalue weighted by Crippen LogP contribution is 2.52. The van der Waals surface area contributed by atoms with E-state index in [9.17, 15) is 69.7 Å². The van der Waals surface area contributed by atoms with E-state index in [1.165, 1.54) is 24.3 Å². The Morgan fingerprint density at radius 2 is 1.22 bits per heavy atom. The van der Waals surface area contributed by atoms with Crippen molar-refractivity contribution in [3.05, 3.63) is 53.4 Å². The summed E-state index contributed by atoms with van der Waals surface area (Å²) in [5.74, 6) is -8.96. The number of fused-ring (bicyclic) bond motifs is 1. The number of halogens is 9. The first-order valence-electron chi connectivity index (χ1n) is 8.65. The van der Waals surface area contributed by atoms with Crippen molar-refractivity contribution in [3.63, 3.8) is 0 Å². The molecule has 0 bridgehead atoms. The van der Waals surface area contributed by atoms with Crippen LogP contribution < -0.4 is 4.18 Å². The molecule has 0 saturated carbocycles. The van der Waals surface area contributed by atoms with Crippen LogP contribution in [-0.2, 0) is 30.2 Å². The molecule has 0 aromatic heterocycles. The average Bonchev–Trinajstić information content (AvgIpc) is 2.76. The fourth-order valence-electron chi connectivity index (χ4n) is 2.40. The van der Waals surface area contributed by atoms with Crippen LogP contribution in [0.4, 0.5) is 39.5 Å². The number of alkyl halides is 9. The van der Waals surface area contributed by atoms with Crippen molar-refractivity contribution in [2.45, 2.75) is 21.9 Å². The molecule has 0 unspecified atom stereocenters. The minimum absolute atomic E-state index is 0.0284. The van der Waals surface area contributed by atoms with Crippen molar-refractivity contribution in [1.82, 2.24) is 0 Å². The molecule has 0 saturated heterocycles.